The number of alkyl halides is 3. The monoisotopic (exact) mass is 674 g/mol. The van der Waals surface area contributed by atoms with Crippen molar-refractivity contribution in [2.45, 2.75) is 65.3 Å². The van der Waals surface area contributed by atoms with E-state index in [2.05, 4.69) is 10.2 Å². The molecule has 0 amide bonds. The maximum Gasteiger partial charge on any atom is 0.387 e. The first-order valence-corrected chi connectivity index (χ1v) is 16.5. The molecule has 7 rings (SSSR count). The maximum absolute atomic E-state index is 13.4. The van der Waals surface area contributed by atoms with Crippen molar-refractivity contribution in [3.8, 4) is 39.8 Å². The number of hydrogen-bond acceptors (Lipinski definition) is 9. The summed E-state index contributed by atoms with van der Waals surface area (Å²) in [4.78, 5) is 24.2. The number of benzene rings is 3. The molecule has 49 heavy (non-hydrogen) atoms. The molecule has 0 bridgehead atoms. The lowest BCUT2D eigenvalue weighted by atomic mass is 9.91. The van der Waals surface area contributed by atoms with E-state index in [1.165, 1.54) is 6.07 Å². The molecule has 1 N–H and O–H groups in total. The van der Waals surface area contributed by atoms with Crippen molar-refractivity contribution in [2.75, 3.05) is 26.3 Å². The van der Waals surface area contributed by atoms with E-state index < -0.39 is 18.6 Å². The summed E-state index contributed by atoms with van der Waals surface area (Å²) in [5.74, 6) is 1.17. The Hall–Kier alpha value is -4.68. The zero-order valence-corrected chi connectivity index (χ0v) is 27.4. The highest BCUT2D eigenvalue weighted by molar-refractivity contribution is 5.84. The first-order chi connectivity index (χ1) is 23.8. The third-order valence-corrected chi connectivity index (χ3v) is 9.33. The molecular weight excluding hydrogens is 637 g/mol. The van der Waals surface area contributed by atoms with Crippen molar-refractivity contribution < 1.29 is 36.3 Å². The fourth-order valence-corrected chi connectivity index (χ4v) is 6.73. The minimum Gasteiger partial charge on any atom is -0.460 e. The number of carbonyl (C=O) groups is 1. The van der Waals surface area contributed by atoms with Crippen molar-refractivity contribution in [3.63, 3.8) is 0 Å². The van der Waals surface area contributed by atoms with E-state index in [0.29, 0.717) is 43.2 Å². The van der Waals surface area contributed by atoms with Gasteiger partial charge in [0.05, 0.1) is 12.4 Å². The molecule has 1 fully saturated rings. The third kappa shape index (κ3) is 6.80. The molecule has 2 aliphatic heterocycles. The minimum absolute atomic E-state index is 0.143. The van der Waals surface area contributed by atoms with Crippen molar-refractivity contribution in [1.82, 2.24) is 20.2 Å². The molecule has 1 saturated heterocycles. The zero-order chi connectivity index (χ0) is 34.1. The fraction of sp³-hybridized carbons (Fsp3) is 0.378. The summed E-state index contributed by atoms with van der Waals surface area (Å²) < 4.78 is 62.0. The molecule has 5 aromatic rings. The quantitative estimate of drug-likeness (QED) is 0.142. The summed E-state index contributed by atoms with van der Waals surface area (Å²) in [6.07, 6.45) is 2.77. The number of halogens is 3. The Morgan fingerprint density at radius 1 is 1.02 bits per heavy atom. The molecule has 2 aliphatic rings. The van der Waals surface area contributed by atoms with Gasteiger partial charge in [0.1, 0.15) is 29.7 Å². The highest BCUT2D eigenvalue weighted by atomic mass is 19.3. The molecule has 2 aromatic heterocycles. The van der Waals surface area contributed by atoms with Crippen LogP contribution in [0.25, 0.3) is 45.1 Å². The Balaban J connectivity index is 1.18. The van der Waals surface area contributed by atoms with Crippen molar-refractivity contribution in [3.05, 3.63) is 76.7 Å². The van der Waals surface area contributed by atoms with Crippen LogP contribution in [0.5, 0.6) is 5.75 Å². The highest BCUT2D eigenvalue weighted by Gasteiger charge is 2.26. The van der Waals surface area contributed by atoms with Gasteiger partial charge < -0.3 is 23.6 Å². The Kier molecular flexibility index (Phi) is 9.42. The van der Waals surface area contributed by atoms with E-state index in [1.54, 1.807) is 6.07 Å². The second-order valence-electron chi connectivity index (χ2n) is 12.5. The number of rotatable bonds is 11. The average Bonchev–Trinajstić information content (AvgIpc) is 3.86. The SMILES string of the molecule is Cc1c(-c2nc3c(o2)CCN(CCCF)C3)cccc1-c1cccc(-c2nc3cc(COC(=O)[C@@H]4CCCN4)c(OC(F)F)cc3o2)c1C. The Morgan fingerprint density at radius 3 is 2.41 bits per heavy atom. The predicted octanol–water partition coefficient (Wildman–Crippen LogP) is 7.55. The smallest absolute Gasteiger partial charge is 0.387 e. The van der Waals surface area contributed by atoms with Gasteiger partial charge in [-0.15, -0.1) is 0 Å². The van der Waals surface area contributed by atoms with Crippen LogP contribution in [0.4, 0.5) is 13.2 Å². The number of ether oxygens (including phenoxy) is 2. The van der Waals surface area contributed by atoms with Crippen LogP contribution in [-0.4, -0.2) is 59.8 Å². The van der Waals surface area contributed by atoms with Crippen LogP contribution in [0.2, 0.25) is 0 Å². The maximum atomic E-state index is 13.4. The molecule has 9 nitrogen and oxygen atoms in total. The molecule has 3 aromatic carbocycles. The van der Waals surface area contributed by atoms with Crippen LogP contribution in [0.3, 0.4) is 0 Å². The average molecular weight is 675 g/mol. The van der Waals surface area contributed by atoms with Crippen LogP contribution in [-0.2, 0) is 29.1 Å². The van der Waals surface area contributed by atoms with Gasteiger partial charge in [-0.1, -0.05) is 24.3 Å². The van der Waals surface area contributed by atoms with Crippen LogP contribution in [0.1, 0.15) is 47.4 Å². The molecule has 12 heteroatoms. The normalized spacial score (nSPS) is 16.4. The lowest BCUT2D eigenvalue weighted by Gasteiger charge is -2.24. The lowest BCUT2D eigenvalue weighted by molar-refractivity contribution is -0.147. The number of nitrogens with zero attached hydrogens (tertiary/aromatic N) is 3. The Bertz CT molecular complexity index is 1980. The van der Waals surface area contributed by atoms with Gasteiger partial charge >= 0.3 is 12.6 Å². The van der Waals surface area contributed by atoms with E-state index in [9.17, 15) is 18.0 Å². The number of carbonyl (C=O) groups excluding carboxylic acids is 1. The minimum atomic E-state index is -3.08. The number of esters is 1. The first kappa shape index (κ1) is 32.8. The summed E-state index contributed by atoms with van der Waals surface area (Å²) in [6, 6.07) is 14.4. The molecule has 0 saturated carbocycles. The van der Waals surface area contributed by atoms with Gasteiger partial charge in [0.2, 0.25) is 11.8 Å². The van der Waals surface area contributed by atoms with E-state index in [0.717, 1.165) is 70.8 Å². The van der Waals surface area contributed by atoms with Crippen molar-refractivity contribution >= 4 is 17.1 Å². The number of aromatic nitrogens is 2. The van der Waals surface area contributed by atoms with E-state index in [-0.39, 0.29) is 30.2 Å². The van der Waals surface area contributed by atoms with Gasteiger partial charge in [-0.3, -0.25) is 14.1 Å². The van der Waals surface area contributed by atoms with Gasteiger partial charge in [0.25, 0.3) is 0 Å². The number of oxazole rings is 2. The van der Waals surface area contributed by atoms with Crippen LogP contribution in [0, 0.1) is 13.8 Å². The van der Waals surface area contributed by atoms with E-state index in [4.69, 9.17) is 28.3 Å². The number of nitrogens with one attached hydrogen (secondary N) is 1. The topological polar surface area (TPSA) is 103 Å². The Morgan fingerprint density at radius 2 is 1.73 bits per heavy atom. The standard InChI is InChI=1S/C37H37F3N4O5/c1-21-24(25-8-4-10-27(22(25)2)35-43-30-19-44(15-6-13-38)16-12-31(30)47-35)7-3-9-26(21)34-42-29-17-23(20-46-36(45)28-11-5-14-41-28)32(49-37(39)40)18-33(29)48-34/h3-4,7-10,17-18,28,37,41H,5-6,11-16,19-20H2,1-2H3/t28-/m0/s1. The summed E-state index contributed by atoms with van der Waals surface area (Å²) in [7, 11) is 0. The lowest BCUT2D eigenvalue weighted by Crippen LogP contribution is -2.32. The van der Waals surface area contributed by atoms with Gasteiger partial charge in [0.15, 0.2) is 5.58 Å². The van der Waals surface area contributed by atoms with Crippen LogP contribution >= 0.6 is 0 Å². The Labute approximate surface area is 281 Å². The molecule has 4 heterocycles. The van der Waals surface area contributed by atoms with E-state index in [1.807, 2.05) is 50.2 Å². The molecule has 0 unspecified atom stereocenters. The van der Waals surface area contributed by atoms with Crippen LogP contribution in [0.15, 0.2) is 57.4 Å². The van der Waals surface area contributed by atoms with Gasteiger partial charge in [-0.05, 0) is 80.1 Å². The van der Waals surface area contributed by atoms with Gasteiger partial charge in [-0.25, -0.2) is 9.97 Å². The summed E-state index contributed by atoms with van der Waals surface area (Å²) in [5.41, 5.74) is 7.31. The number of hydrogen-bond donors (Lipinski definition) is 1. The summed E-state index contributed by atoms with van der Waals surface area (Å²) in [5, 5.41) is 3.07. The van der Waals surface area contributed by atoms with Crippen LogP contribution < -0.4 is 10.1 Å². The fourth-order valence-electron chi connectivity index (χ4n) is 6.73. The molecule has 1 atom stereocenters. The third-order valence-electron chi connectivity index (χ3n) is 9.33. The largest absolute Gasteiger partial charge is 0.460 e. The second-order valence-corrected chi connectivity index (χ2v) is 12.5. The first-order valence-electron chi connectivity index (χ1n) is 16.5. The number of fused-ring (bicyclic) bond motifs is 2. The van der Waals surface area contributed by atoms with Crippen molar-refractivity contribution in [1.29, 1.82) is 0 Å². The predicted molar refractivity (Wildman–Crippen MR) is 177 cm³/mol. The zero-order valence-electron chi connectivity index (χ0n) is 27.4. The van der Waals surface area contributed by atoms with Gasteiger partial charge in [0, 0.05) is 48.8 Å². The molecular formula is C37H37F3N4O5. The summed E-state index contributed by atoms with van der Waals surface area (Å²) in [6.45, 7) is 3.25. The molecule has 0 spiro atoms. The molecule has 0 radical (unpaired) electrons. The highest BCUT2D eigenvalue weighted by Crippen LogP contribution is 2.39. The summed E-state index contributed by atoms with van der Waals surface area (Å²) >= 11 is 0. The molecule has 256 valence electrons. The van der Waals surface area contributed by atoms with Gasteiger partial charge in [-0.2, -0.15) is 8.78 Å². The van der Waals surface area contributed by atoms with E-state index >= 15 is 0 Å². The second kappa shape index (κ2) is 14.0. The van der Waals surface area contributed by atoms with Crippen molar-refractivity contribution in [2.24, 2.45) is 0 Å². The molecule has 0 aliphatic carbocycles.